The Morgan fingerprint density at radius 2 is 1.81 bits per heavy atom. The third-order valence-electron chi connectivity index (χ3n) is 5.00. The van der Waals surface area contributed by atoms with Gasteiger partial charge in [0.2, 0.25) is 0 Å². The Morgan fingerprint density at radius 1 is 1.10 bits per heavy atom. The third kappa shape index (κ3) is 10.2. The minimum Gasteiger partial charge on any atom is -0.466 e. The lowest BCUT2D eigenvalue weighted by Crippen LogP contribution is -2.46. The van der Waals surface area contributed by atoms with E-state index in [1.807, 2.05) is 19.9 Å². The van der Waals surface area contributed by atoms with Gasteiger partial charge in [0, 0.05) is 26.2 Å². The molecule has 0 spiro atoms. The van der Waals surface area contributed by atoms with Gasteiger partial charge in [0.1, 0.15) is 0 Å². The second-order valence-electron chi connectivity index (χ2n) is 7.25. The SMILES string of the molecule is CCNC(=NCc1cccc(COCCOCC)c1)N1CCC(C(=O)OCC)CC1.I. The number of rotatable bonds is 11. The Hall–Kier alpha value is -1.39. The number of nitrogens with zero attached hydrogens (tertiary/aromatic N) is 2. The molecule has 1 N–H and O–H groups in total. The topological polar surface area (TPSA) is 72.4 Å². The summed E-state index contributed by atoms with van der Waals surface area (Å²) in [6.07, 6.45) is 1.61. The summed E-state index contributed by atoms with van der Waals surface area (Å²) >= 11 is 0. The van der Waals surface area contributed by atoms with E-state index < -0.39 is 0 Å². The molecule has 0 aromatic heterocycles. The number of guanidine groups is 1. The highest BCUT2D eigenvalue weighted by atomic mass is 127. The van der Waals surface area contributed by atoms with Gasteiger partial charge in [-0.05, 0) is 44.7 Å². The number of piperidine rings is 1. The van der Waals surface area contributed by atoms with Gasteiger partial charge < -0.3 is 24.4 Å². The Labute approximate surface area is 203 Å². The lowest BCUT2D eigenvalue weighted by atomic mass is 9.97. The van der Waals surface area contributed by atoms with E-state index in [4.69, 9.17) is 19.2 Å². The zero-order valence-electron chi connectivity index (χ0n) is 19.1. The molecule has 2 rings (SSSR count). The third-order valence-corrected chi connectivity index (χ3v) is 5.00. The molecule has 0 bridgehead atoms. The average Bonchev–Trinajstić information content (AvgIpc) is 2.77. The fraction of sp³-hybridized carbons (Fsp3) is 0.652. The molecule has 1 aromatic carbocycles. The zero-order chi connectivity index (χ0) is 21.6. The fourth-order valence-corrected chi connectivity index (χ4v) is 3.45. The largest absolute Gasteiger partial charge is 0.466 e. The molecule has 8 heteroatoms. The standard InChI is InChI=1S/C23H37N3O4.HI/c1-4-24-23(26-12-10-21(11-13-26)22(27)30-6-3)25-17-19-8-7-9-20(16-19)18-29-15-14-28-5-2;/h7-9,16,21H,4-6,10-15,17-18H2,1-3H3,(H,24,25);1H. The van der Waals surface area contributed by atoms with Crippen LogP contribution in [0.1, 0.15) is 44.7 Å². The van der Waals surface area contributed by atoms with Crippen molar-refractivity contribution in [1.29, 1.82) is 0 Å². The first-order chi connectivity index (χ1) is 14.7. The number of hydrogen-bond donors (Lipinski definition) is 1. The van der Waals surface area contributed by atoms with Crippen LogP contribution in [0, 0.1) is 5.92 Å². The number of nitrogens with one attached hydrogen (secondary N) is 1. The van der Waals surface area contributed by atoms with Gasteiger partial charge in [-0.25, -0.2) is 4.99 Å². The summed E-state index contributed by atoms with van der Waals surface area (Å²) in [4.78, 5) is 19.0. The number of aliphatic imine (C=N–C) groups is 1. The molecule has 0 atom stereocenters. The highest BCUT2D eigenvalue weighted by Crippen LogP contribution is 2.19. The normalized spacial score (nSPS) is 14.8. The molecular formula is C23H38IN3O4. The molecule has 176 valence electrons. The van der Waals surface area contributed by atoms with E-state index in [1.54, 1.807) is 0 Å². The van der Waals surface area contributed by atoms with Gasteiger partial charge in [-0.1, -0.05) is 24.3 Å². The second-order valence-corrected chi connectivity index (χ2v) is 7.25. The first-order valence-electron chi connectivity index (χ1n) is 11.1. The van der Waals surface area contributed by atoms with Crippen molar-refractivity contribution >= 4 is 35.9 Å². The molecular weight excluding hydrogens is 509 g/mol. The van der Waals surface area contributed by atoms with Gasteiger partial charge in [0.25, 0.3) is 0 Å². The molecule has 7 nitrogen and oxygen atoms in total. The first kappa shape index (κ1) is 27.6. The maximum atomic E-state index is 12.0. The van der Waals surface area contributed by atoms with Crippen molar-refractivity contribution in [3.63, 3.8) is 0 Å². The number of hydrogen-bond acceptors (Lipinski definition) is 5. The maximum Gasteiger partial charge on any atom is 0.309 e. The van der Waals surface area contributed by atoms with Crippen molar-refractivity contribution in [1.82, 2.24) is 10.2 Å². The molecule has 0 aliphatic carbocycles. The summed E-state index contributed by atoms with van der Waals surface area (Å²) in [5.41, 5.74) is 2.29. The minimum absolute atomic E-state index is 0. The van der Waals surface area contributed by atoms with Crippen LogP contribution in [0.5, 0.6) is 0 Å². The Bertz CT molecular complexity index is 664. The van der Waals surface area contributed by atoms with Gasteiger partial charge in [-0.15, -0.1) is 24.0 Å². The smallest absolute Gasteiger partial charge is 0.309 e. The molecule has 0 amide bonds. The van der Waals surface area contributed by atoms with Crippen LogP contribution < -0.4 is 5.32 Å². The summed E-state index contributed by atoms with van der Waals surface area (Å²) in [6, 6.07) is 8.34. The number of ether oxygens (including phenoxy) is 3. The number of halogens is 1. The van der Waals surface area contributed by atoms with Crippen LogP contribution in [-0.2, 0) is 32.2 Å². The molecule has 1 aliphatic rings. The number of benzene rings is 1. The molecule has 1 aromatic rings. The Kier molecular flexibility index (Phi) is 14.5. The van der Waals surface area contributed by atoms with Crippen LogP contribution in [0.3, 0.4) is 0 Å². The Balaban J connectivity index is 0.00000480. The van der Waals surface area contributed by atoms with E-state index in [9.17, 15) is 4.79 Å². The van der Waals surface area contributed by atoms with Crippen LogP contribution in [0.15, 0.2) is 29.3 Å². The summed E-state index contributed by atoms with van der Waals surface area (Å²) in [5, 5.41) is 3.38. The first-order valence-corrected chi connectivity index (χ1v) is 11.1. The Morgan fingerprint density at radius 3 is 2.48 bits per heavy atom. The second kappa shape index (κ2) is 16.3. The van der Waals surface area contributed by atoms with Crippen LogP contribution in [-0.4, -0.2) is 62.9 Å². The molecule has 1 heterocycles. The monoisotopic (exact) mass is 547 g/mol. The molecule has 1 saturated heterocycles. The average molecular weight is 547 g/mol. The van der Waals surface area contributed by atoms with Crippen molar-refractivity contribution in [3.05, 3.63) is 35.4 Å². The molecule has 1 fully saturated rings. The number of carbonyl (C=O) groups excluding carboxylic acids is 1. The van der Waals surface area contributed by atoms with Crippen LogP contribution in [0.4, 0.5) is 0 Å². The van der Waals surface area contributed by atoms with Crippen molar-refractivity contribution in [3.8, 4) is 0 Å². The van der Waals surface area contributed by atoms with Crippen LogP contribution in [0.2, 0.25) is 0 Å². The molecule has 0 unspecified atom stereocenters. The predicted octanol–water partition coefficient (Wildman–Crippen LogP) is 3.60. The van der Waals surface area contributed by atoms with Crippen molar-refractivity contribution in [2.45, 2.75) is 46.8 Å². The number of carbonyl (C=O) groups is 1. The lowest BCUT2D eigenvalue weighted by Gasteiger charge is -2.33. The van der Waals surface area contributed by atoms with E-state index in [1.165, 1.54) is 0 Å². The van der Waals surface area contributed by atoms with Gasteiger partial charge in [0.05, 0.1) is 38.9 Å². The van der Waals surface area contributed by atoms with Crippen molar-refractivity contribution in [2.75, 3.05) is 46.1 Å². The molecule has 0 radical (unpaired) electrons. The van der Waals surface area contributed by atoms with Crippen molar-refractivity contribution in [2.24, 2.45) is 10.9 Å². The zero-order valence-corrected chi connectivity index (χ0v) is 21.4. The van der Waals surface area contributed by atoms with E-state index in [-0.39, 0.29) is 35.9 Å². The highest BCUT2D eigenvalue weighted by molar-refractivity contribution is 14.0. The van der Waals surface area contributed by atoms with Gasteiger partial charge in [-0.2, -0.15) is 0 Å². The van der Waals surface area contributed by atoms with Crippen molar-refractivity contribution < 1.29 is 19.0 Å². The summed E-state index contributed by atoms with van der Waals surface area (Å²) in [5.74, 6) is 0.834. The van der Waals surface area contributed by atoms with E-state index in [0.29, 0.717) is 39.6 Å². The fourth-order valence-electron chi connectivity index (χ4n) is 3.45. The van der Waals surface area contributed by atoms with Gasteiger partial charge in [0.15, 0.2) is 5.96 Å². The molecule has 31 heavy (non-hydrogen) atoms. The molecule has 0 saturated carbocycles. The molecule has 1 aliphatic heterocycles. The van der Waals surface area contributed by atoms with Crippen LogP contribution >= 0.6 is 24.0 Å². The minimum atomic E-state index is -0.0700. The summed E-state index contributed by atoms with van der Waals surface area (Å²) < 4.78 is 16.1. The summed E-state index contributed by atoms with van der Waals surface area (Å²) in [6.45, 7) is 11.9. The quantitative estimate of drug-likeness (QED) is 0.150. The number of esters is 1. The highest BCUT2D eigenvalue weighted by Gasteiger charge is 2.27. The summed E-state index contributed by atoms with van der Waals surface area (Å²) in [7, 11) is 0. The maximum absolute atomic E-state index is 12.0. The lowest BCUT2D eigenvalue weighted by molar-refractivity contribution is -0.149. The van der Waals surface area contributed by atoms with Gasteiger partial charge in [-0.3, -0.25) is 4.79 Å². The van der Waals surface area contributed by atoms with E-state index in [2.05, 4.69) is 35.3 Å². The van der Waals surface area contributed by atoms with E-state index in [0.717, 1.165) is 49.6 Å². The van der Waals surface area contributed by atoms with E-state index >= 15 is 0 Å². The predicted molar refractivity (Wildman–Crippen MR) is 134 cm³/mol. The van der Waals surface area contributed by atoms with Crippen LogP contribution in [0.25, 0.3) is 0 Å². The number of likely N-dealkylation sites (tertiary alicyclic amines) is 1. The van der Waals surface area contributed by atoms with Gasteiger partial charge >= 0.3 is 5.97 Å².